The van der Waals surface area contributed by atoms with Crippen molar-refractivity contribution < 1.29 is 173 Å². The Hall–Kier alpha value is -2.19. The minimum Gasteiger partial charge on any atom is -0.394 e. The molecule has 37 heteroatoms. The van der Waals surface area contributed by atoms with E-state index in [4.69, 9.17) is 66.3 Å². The second kappa shape index (κ2) is 29.6. The van der Waals surface area contributed by atoms with Crippen LogP contribution in [0.3, 0.4) is 0 Å². The highest BCUT2D eigenvalue weighted by molar-refractivity contribution is 5.86. The molecule has 35 atom stereocenters. The van der Waals surface area contributed by atoms with E-state index < -0.39 is 260 Å². The van der Waals surface area contributed by atoms with E-state index in [1.54, 1.807) is 0 Å². The third-order valence-electron chi connectivity index (χ3n) is 15.7. The molecule has 21 heterocycles. The fraction of sp³-hybridized carbons (Fsp3) is 0.936. The first kappa shape index (κ1) is 67.7. The highest BCUT2D eigenvalue weighted by Crippen LogP contribution is 2.39. The Kier molecular flexibility index (Phi) is 23.9. The summed E-state index contributed by atoms with van der Waals surface area (Å²) in [6.45, 7) is -3.31. The lowest BCUT2D eigenvalue weighted by molar-refractivity contribution is -0.396. The molecule has 0 aromatic carbocycles. The van der Waals surface area contributed by atoms with Gasteiger partial charge in [0.2, 0.25) is 5.91 Å². The van der Waals surface area contributed by atoms with Crippen molar-refractivity contribution in [3.05, 3.63) is 12.7 Å². The lowest BCUT2D eigenvalue weighted by Gasteiger charge is -2.50. The topological polar surface area (TPSA) is 575 Å². The van der Waals surface area contributed by atoms with Crippen molar-refractivity contribution in [2.24, 2.45) is 0 Å². The van der Waals surface area contributed by atoms with Crippen LogP contribution in [0.25, 0.3) is 0 Å². The van der Waals surface area contributed by atoms with E-state index in [2.05, 4.69) is 17.2 Å². The molecule has 14 bridgehead atoms. The van der Waals surface area contributed by atoms with E-state index in [1.165, 1.54) is 0 Å². The van der Waals surface area contributed by atoms with Crippen LogP contribution in [0.1, 0.15) is 0 Å². The lowest BCUT2D eigenvalue weighted by Crippen LogP contribution is -2.68. The van der Waals surface area contributed by atoms with Crippen LogP contribution in [0.5, 0.6) is 0 Å². The fourth-order valence-electron chi connectivity index (χ4n) is 11.0. The second-order valence-electron chi connectivity index (χ2n) is 21.2. The van der Waals surface area contributed by atoms with Crippen LogP contribution in [0.4, 0.5) is 0 Å². The van der Waals surface area contributed by atoms with E-state index in [9.17, 15) is 107 Å². The molecule has 486 valence electrons. The van der Waals surface area contributed by atoms with Crippen LogP contribution >= 0.6 is 0 Å². The summed E-state index contributed by atoms with van der Waals surface area (Å²) in [6.07, 6.45) is -69.1. The zero-order valence-electron chi connectivity index (χ0n) is 44.4. The molecule has 84 heavy (non-hydrogen) atoms. The Morgan fingerprint density at radius 1 is 0.298 bits per heavy atom. The third-order valence-corrected chi connectivity index (χ3v) is 15.7. The van der Waals surface area contributed by atoms with Gasteiger partial charge in [-0.1, -0.05) is 6.58 Å². The maximum atomic E-state index is 11.8. The van der Waals surface area contributed by atoms with Crippen molar-refractivity contribution in [3.8, 4) is 0 Å². The molecule has 21 fully saturated rings. The fourth-order valence-corrected chi connectivity index (χ4v) is 11.0. The number of amides is 1. The molecule has 0 aromatic heterocycles. The summed E-state index contributed by atoms with van der Waals surface area (Å²) in [5, 5.41) is 228. The minimum absolute atomic E-state index is 0.00168. The number of carbonyl (C=O) groups is 1. The van der Waals surface area contributed by atoms with Crippen LogP contribution in [0.2, 0.25) is 0 Å². The standard InChI is InChI=1S/C47H78N2O35/c1-2-19(56)49-4-3-48-5-12-34-20(57)27(64)41(71-12)79-35-13(6-50)73-43(29(66)22(35)59)81-37-15(8-52)75-45(31(68)24(37)61)83-39-17(10-54)77-47(33(70)26(39)63)84-40-18(11-55)76-46(32(69)25(40)62)82-38-16(9-53)74-44(30(67)23(38)60)80-36-14(7-51)72-42(78-34)28(65)21(36)58/h2,12-18,20-48,50-55,57-70H,1,3-11H2,(H,49,56). The SMILES string of the molecule is C=CC(=O)NCCNCC1OC2OC3C(CO)OC(OC4C(CO)OC(OC5C(CO)OC(OC6C(CO)OC(OC7C(CO)OC(OC8C(CO)OC(OC1C(O)C2O)C(O)C8O)C(O)C7O)C(O)C6O)C(O)C5O)C(O)C4O)C(O)C3O. The Balaban J connectivity index is 1.09. The molecular formula is C47H78N2O35. The quantitative estimate of drug-likeness (QED) is 0.0637. The number of hydrogen-bond acceptors (Lipinski definition) is 36. The van der Waals surface area contributed by atoms with Crippen LogP contribution < -0.4 is 10.6 Å². The average molecular weight is 1230 g/mol. The van der Waals surface area contributed by atoms with Gasteiger partial charge >= 0.3 is 0 Å². The van der Waals surface area contributed by atoms with Gasteiger partial charge in [-0.25, -0.2) is 0 Å². The maximum absolute atomic E-state index is 11.8. The Labute approximate surface area is 476 Å². The predicted molar refractivity (Wildman–Crippen MR) is 257 cm³/mol. The van der Waals surface area contributed by atoms with Crippen molar-refractivity contribution in [1.29, 1.82) is 0 Å². The Morgan fingerprint density at radius 3 is 0.679 bits per heavy atom. The van der Waals surface area contributed by atoms with Gasteiger partial charge in [-0.3, -0.25) is 4.79 Å². The molecular weight excluding hydrogens is 1150 g/mol. The Morgan fingerprint density at radius 2 is 0.488 bits per heavy atom. The van der Waals surface area contributed by atoms with Crippen LogP contribution in [0.15, 0.2) is 12.7 Å². The van der Waals surface area contributed by atoms with Gasteiger partial charge in [-0.05, 0) is 6.08 Å². The van der Waals surface area contributed by atoms with Gasteiger partial charge in [0.1, 0.15) is 171 Å². The van der Waals surface area contributed by atoms with Gasteiger partial charge in [-0.2, -0.15) is 0 Å². The number of rotatable bonds is 12. The summed E-state index contributed by atoms with van der Waals surface area (Å²) in [7, 11) is 0. The average Bonchev–Trinajstić information content (AvgIpc) is 2.44. The van der Waals surface area contributed by atoms with E-state index in [-0.39, 0.29) is 19.6 Å². The van der Waals surface area contributed by atoms with Gasteiger partial charge in [0.15, 0.2) is 44.0 Å². The molecule has 0 aromatic rings. The van der Waals surface area contributed by atoms with Crippen LogP contribution in [0, 0.1) is 0 Å². The zero-order chi connectivity index (χ0) is 61.2. The summed E-state index contributed by atoms with van der Waals surface area (Å²) >= 11 is 0. The number of carbonyl (C=O) groups excluding carboxylic acids is 1. The van der Waals surface area contributed by atoms with Gasteiger partial charge in [0, 0.05) is 19.6 Å². The molecule has 37 nitrogen and oxygen atoms in total. The molecule has 21 saturated heterocycles. The first-order chi connectivity index (χ1) is 40.0. The van der Waals surface area contributed by atoms with Crippen molar-refractivity contribution in [3.63, 3.8) is 0 Å². The van der Waals surface area contributed by atoms with E-state index in [0.717, 1.165) is 6.08 Å². The molecule has 0 saturated carbocycles. The van der Waals surface area contributed by atoms with E-state index in [1.807, 2.05) is 0 Å². The van der Waals surface area contributed by atoms with Crippen LogP contribution in [-0.4, -0.2) is 382 Å². The molecule has 0 spiro atoms. The molecule has 0 radical (unpaired) electrons. The normalized spacial score (nSPS) is 51.6. The summed E-state index contributed by atoms with van der Waals surface area (Å²) in [6, 6.07) is 0. The molecule has 22 N–H and O–H groups in total. The third kappa shape index (κ3) is 14.1. The molecule has 21 rings (SSSR count). The summed E-state index contributed by atoms with van der Waals surface area (Å²) in [5.41, 5.74) is 0. The molecule has 21 aliphatic heterocycles. The highest BCUT2D eigenvalue weighted by atomic mass is 16.8. The van der Waals surface area contributed by atoms with Crippen molar-refractivity contribution in [1.82, 2.24) is 10.6 Å². The zero-order valence-corrected chi connectivity index (χ0v) is 44.4. The van der Waals surface area contributed by atoms with Gasteiger partial charge in [0.25, 0.3) is 0 Å². The maximum Gasteiger partial charge on any atom is 0.243 e. The first-order valence-corrected chi connectivity index (χ1v) is 27.0. The van der Waals surface area contributed by atoms with E-state index >= 15 is 0 Å². The van der Waals surface area contributed by atoms with E-state index in [0.29, 0.717) is 0 Å². The number of hydrogen-bond donors (Lipinski definition) is 22. The van der Waals surface area contributed by atoms with Crippen molar-refractivity contribution >= 4 is 5.91 Å². The molecule has 1 amide bonds. The summed E-state index contributed by atoms with van der Waals surface area (Å²) in [5.74, 6) is -0.536. The number of aliphatic hydroxyl groups excluding tert-OH is 20. The van der Waals surface area contributed by atoms with Gasteiger partial charge in [0.05, 0.1) is 39.6 Å². The number of ether oxygens (including phenoxy) is 14. The van der Waals surface area contributed by atoms with Gasteiger partial charge < -0.3 is 179 Å². The lowest BCUT2D eigenvalue weighted by atomic mass is 9.95. The molecule has 21 aliphatic rings. The van der Waals surface area contributed by atoms with Gasteiger partial charge in [-0.15, -0.1) is 0 Å². The highest BCUT2D eigenvalue weighted by Gasteiger charge is 2.59. The molecule has 35 unspecified atom stereocenters. The minimum atomic E-state index is -2.22. The largest absolute Gasteiger partial charge is 0.394 e. The second-order valence-corrected chi connectivity index (χ2v) is 21.2. The van der Waals surface area contributed by atoms with Crippen molar-refractivity contribution in [2.75, 3.05) is 59.3 Å². The summed E-state index contributed by atoms with van der Waals surface area (Å²) < 4.78 is 80.9. The summed E-state index contributed by atoms with van der Waals surface area (Å²) in [4.78, 5) is 11.8. The number of nitrogens with one attached hydrogen (secondary N) is 2. The van der Waals surface area contributed by atoms with Crippen molar-refractivity contribution in [2.45, 2.75) is 215 Å². The monoisotopic (exact) mass is 1230 g/mol. The number of aliphatic hydroxyl groups is 20. The predicted octanol–water partition coefficient (Wildman–Crippen LogP) is -15.3. The first-order valence-electron chi connectivity index (χ1n) is 27.0. The smallest absolute Gasteiger partial charge is 0.243 e. The Bertz CT molecular complexity index is 2050. The van der Waals surface area contributed by atoms with Crippen LogP contribution in [-0.2, 0) is 71.1 Å². The molecule has 0 aliphatic carbocycles.